The fourth-order valence-electron chi connectivity index (χ4n) is 2.97. The van der Waals surface area contributed by atoms with Crippen LogP contribution in [0.2, 0.25) is 0 Å². The molecule has 94 valence electrons. The van der Waals surface area contributed by atoms with Gasteiger partial charge in [0.1, 0.15) is 0 Å². The number of aliphatic hydroxyl groups is 1. The molecule has 1 aliphatic carbocycles. The van der Waals surface area contributed by atoms with E-state index in [1.807, 2.05) is 0 Å². The van der Waals surface area contributed by atoms with E-state index in [1.165, 1.54) is 28.7 Å². The van der Waals surface area contributed by atoms with E-state index >= 15 is 0 Å². The molecule has 0 saturated carbocycles. The van der Waals surface area contributed by atoms with Crippen LogP contribution in [-0.4, -0.2) is 5.11 Å². The van der Waals surface area contributed by atoms with Gasteiger partial charge < -0.3 is 5.11 Å². The molecule has 1 nitrogen and oxygen atoms in total. The molecule has 1 heteroatoms. The minimum absolute atomic E-state index is 0.251. The van der Waals surface area contributed by atoms with Gasteiger partial charge in [-0.15, -0.1) is 0 Å². The zero-order chi connectivity index (χ0) is 12.4. The molecule has 0 radical (unpaired) electrons. The molecule has 2 unspecified atom stereocenters. The van der Waals surface area contributed by atoms with Gasteiger partial charge in [0.25, 0.3) is 0 Å². The maximum absolute atomic E-state index is 10.3. The minimum Gasteiger partial charge on any atom is -0.388 e. The van der Waals surface area contributed by atoms with Crippen molar-refractivity contribution >= 4 is 0 Å². The van der Waals surface area contributed by atoms with Gasteiger partial charge in [-0.25, -0.2) is 0 Å². The number of fused-ring (bicyclic) bond motifs is 1. The van der Waals surface area contributed by atoms with Crippen LogP contribution < -0.4 is 0 Å². The standard InChI is InChI=1S/C16H24O/c1-4-12-9-14-7-6-11(3)8-16(17)15(14)10-13(12)5-2/h9-11,16-17H,4-8H2,1-3H3. The highest BCUT2D eigenvalue weighted by molar-refractivity contribution is 5.40. The number of rotatable bonds is 2. The summed E-state index contributed by atoms with van der Waals surface area (Å²) in [5.41, 5.74) is 5.46. The highest BCUT2D eigenvalue weighted by Crippen LogP contribution is 2.33. The van der Waals surface area contributed by atoms with Crippen LogP contribution in [0.1, 0.15) is 62.0 Å². The van der Waals surface area contributed by atoms with Crippen molar-refractivity contribution in [3.8, 4) is 0 Å². The SMILES string of the molecule is CCc1cc2c(cc1CC)C(O)CC(C)CC2. The van der Waals surface area contributed by atoms with Gasteiger partial charge >= 0.3 is 0 Å². The first-order chi connectivity index (χ1) is 8.15. The Balaban J connectivity index is 2.45. The van der Waals surface area contributed by atoms with Crippen molar-refractivity contribution in [1.82, 2.24) is 0 Å². The quantitative estimate of drug-likeness (QED) is 0.769. The van der Waals surface area contributed by atoms with Crippen LogP contribution in [0.15, 0.2) is 12.1 Å². The number of benzene rings is 1. The molecule has 17 heavy (non-hydrogen) atoms. The Labute approximate surface area is 105 Å². The molecule has 1 aliphatic rings. The Kier molecular flexibility index (Phi) is 3.88. The predicted molar refractivity (Wildman–Crippen MR) is 72.3 cm³/mol. The van der Waals surface area contributed by atoms with Gasteiger partial charge in [-0.05, 0) is 60.3 Å². The van der Waals surface area contributed by atoms with E-state index < -0.39 is 0 Å². The van der Waals surface area contributed by atoms with Crippen molar-refractivity contribution < 1.29 is 5.11 Å². The fourth-order valence-corrected chi connectivity index (χ4v) is 2.97. The summed E-state index contributed by atoms with van der Waals surface area (Å²) >= 11 is 0. The average Bonchev–Trinajstić information content (AvgIpc) is 2.47. The predicted octanol–water partition coefficient (Wildman–Crippen LogP) is 3.82. The van der Waals surface area contributed by atoms with Crippen molar-refractivity contribution in [3.05, 3.63) is 34.4 Å². The van der Waals surface area contributed by atoms with Crippen LogP contribution in [0.25, 0.3) is 0 Å². The monoisotopic (exact) mass is 232 g/mol. The molecule has 0 fully saturated rings. The van der Waals surface area contributed by atoms with Gasteiger partial charge in [-0.3, -0.25) is 0 Å². The van der Waals surface area contributed by atoms with Gasteiger partial charge in [-0.1, -0.05) is 32.9 Å². The lowest BCUT2D eigenvalue weighted by Gasteiger charge is -2.16. The third-order valence-corrected chi connectivity index (χ3v) is 4.11. The van der Waals surface area contributed by atoms with Crippen molar-refractivity contribution in [3.63, 3.8) is 0 Å². The normalized spacial score (nSPS) is 24.2. The Morgan fingerprint density at radius 1 is 1.18 bits per heavy atom. The summed E-state index contributed by atoms with van der Waals surface area (Å²) in [6.45, 7) is 6.67. The van der Waals surface area contributed by atoms with Crippen molar-refractivity contribution in [2.45, 2.75) is 59.0 Å². The van der Waals surface area contributed by atoms with Gasteiger partial charge in [-0.2, -0.15) is 0 Å². The zero-order valence-corrected chi connectivity index (χ0v) is 11.3. The summed E-state index contributed by atoms with van der Waals surface area (Å²) in [4.78, 5) is 0. The first kappa shape index (κ1) is 12.6. The molecule has 2 atom stereocenters. The molecule has 1 aromatic rings. The smallest absolute Gasteiger partial charge is 0.0795 e. The third-order valence-electron chi connectivity index (χ3n) is 4.11. The van der Waals surface area contributed by atoms with Crippen LogP contribution in [0.3, 0.4) is 0 Å². The molecule has 1 N–H and O–H groups in total. The lowest BCUT2D eigenvalue weighted by atomic mass is 9.92. The number of hydrogen-bond donors (Lipinski definition) is 1. The van der Waals surface area contributed by atoms with Crippen molar-refractivity contribution in [1.29, 1.82) is 0 Å². The highest BCUT2D eigenvalue weighted by atomic mass is 16.3. The summed E-state index contributed by atoms with van der Waals surface area (Å²) in [5.74, 6) is 0.632. The van der Waals surface area contributed by atoms with Crippen molar-refractivity contribution in [2.24, 2.45) is 5.92 Å². The van der Waals surface area contributed by atoms with E-state index in [4.69, 9.17) is 0 Å². The van der Waals surface area contributed by atoms with Crippen molar-refractivity contribution in [2.75, 3.05) is 0 Å². The zero-order valence-electron chi connectivity index (χ0n) is 11.3. The first-order valence-corrected chi connectivity index (χ1v) is 6.98. The lowest BCUT2D eigenvalue weighted by molar-refractivity contribution is 0.150. The van der Waals surface area contributed by atoms with E-state index in [0.29, 0.717) is 5.92 Å². The summed E-state index contributed by atoms with van der Waals surface area (Å²) in [5, 5.41) is 10.3. The van der Waals surface area contributed by atoms with Crippen LogP contribution in [0, 0.1) is 5.92 Å². The number of aryl methyl sites for hydroxylation is 3. The van der Waals surface area contributed by atoms with Gasteiger partial charge in [0.2, 0.25) is 0 Å². The summed E-state index contributed by atoms with van der Waals surface area (Å²) in [7, 11) is 0. The molecule has 0 amide bonds. The lowest BCUT2D eigenvalue weighted by Crippen LogP contribution is -2.04. The first-order valence-electron chi connectivity index (χ1n) is 6.98. The molecule has 0 aliphatic heterocycles. The Morgan fingerprint density at radius 3 is 2.47 bits per heavy atom. The van der Waals surface area contributed by atoms with Crippen LogP contribution in [0.4, 0.5) is 0 Å². The van der Waals surface area contributed by atoms with Crippen LogP contribution in [0.5, 0.6) is 0 Å². The van der Waals surface area contributed by atoms with Crippen LogP contribution in [-0.2, 0) is 19.3 Å². The average molecular weight is 232 g/mol. The number of aliphatic hydroxyl groups excluding tert-OH is 1. The molecule has 0 saturated heterocycles. The highest BCUT2D eigenvalue weighted by Gasteiger charge is 2.21. The molecule has 1 aromatic carbocycles. The number of hydrogen-bond acceptors (Lipinski definition) is 1. The van der Waals surface area contributed by atoms with Gasteiger partial charge in [0.15, 0.2) is 0 Å². The maximum atomic E-state index is 10.3. The third kappa shape index (κ3) is 2.55. The Bertz CT molecular complexity index is 395. The molecule has 0 aromatic heterocycles. The summed E-state index contributed by atoms with van der Waals surface area (Å²) < 4.78 is 0. The van der Waals surface area contributed by atoms with E-state index in [0.717, 1.165) is 25.7 Å². The second kappa shape index (κ2) is 5.22. The van der Waals surface area contributed by atoms with Gasteiger partial charge in [0, 0.05) is 0 Å². The van der Waals surface area contributed by atoms with E-state index in [1.54, 1.807) is 0 Å². The summed E-state index contributed by atoms with van der Waals surface area (Å²) in [6.07, 6.45) is 5.17. The molecule has 2 rings (SSSR count). The van der Waals surface area contributed by atoms with Crippen LogP contribution >= 0.6 is 0 Å². The fraction of sp³-hybridized carbons (Fsp3) is 0.625. The van der Waals surface area contributed by atoms with E-state index in [9.17, 15) is 5.11 Å². The van der Waals surface area contributed by atoms with E-state index in [-0.39, 0.29) is 6.10 Å². The molecule has 0 heterocycles. The Morgan fingerprint density at radius 2 is 1.82 bits per heavy atom. The van der Waals surface area contributed by atoms with E-state index in [2.05, 4.69) is 32.9 Å². The topological polar surface area (TPSA) is 20.2 Å². The Hall–Kier alpha value is -0.820. The molecule has 0 bridgehead atoms. The molecular weight excluding hydrogens is 208 g/mol. The molecule has 0 spiro atoms. The summed E-state index contributed by atoms with van der Waals surface area (Å²) in [6, 6.07) is 4.60. The maximum Gasteiger partial charge on any atom is 0.0795 e. The van der Waals surface area contributed by atoms with Gasteiger partial charge in [0.05, 0.1) is 6.10 Å². The second-order valence-corrected chi connectivity index (χ2v) is 5.42. The molecular formula is C16H24O. The largest absolute Gasteiger partial charge is 0.388 e. The second-order valence-electron chi connectivity index (χ2n) is 5.42. The minimum atomic E-state index is -0.251.